The first kappa shape index (κ1) is 13.7. The van der Waals surface area contributed by atoms with E-state index in [1.165, 1.54) is 17.2 Å². The lowest BCUT2D eigenvalue weighted by Gasteiger charge is -2.39. The van der Waals surface area contributed by atoms with Crippen LogP contribution in [0.4, 0.5) is 0 Å². The summed E-state index contributed by atoms with van der Waals surface area (Å²) in [4.78, 5) is 11.9. The summed E-state index contributed by atoms with van der Waals surface area (Å²) in [6.07, 6.45) is -2.68. The van der Waals surface area contributed by atoms with E-state index >= 15 is 0 Å². The van der Waals surface area contributed by atoms with Crippen LogP contribution in [0.15, 0.2) is 12.7 Å². The van der Waals surface area contributed by atoms with E-state index in [-0.39, 0.29) is 5.15 Å². The molecule has 1 fully saturated rings. The van der Waals surface area contributed by atoms with E-state index in [4.69, 9.17) is 16.3 Å². The van der Waals surface area contributed by atoms with Gasteiger partial charge in [0, 0.05) is 0 Å². The second-order valence-electron chi connectivity index (χ2n) is 4.69. The number of nitrogens with zero attached hydrogens (tertiary/aromatic N) is 4. The van der Waals surface area contributed by atoms with Gasteiger partial charge < -0.3 is 20.1 Å². The van der Waals surface area contributed by atoms with Gasteiger partial charge in [-0.15, -0.1) is 0 Å². The van der Waals surface area contributed by atoms with Gasteiger partial charge in [-0.05, 0) is 6.92 Å². The molecular weight excluding hydrogens is 288 g/mol. The average molecular weight is 301 g/mol. The average Bonchev–Trinajstić information content (AvgIpc) is 2.86. The lowest BCUT2D eigenvalue weighted by molar-refractivity contribution is -0.239. The fourth-order valence-corrected chi connectivity index (χ4v) is 2.45. The Bertz CT molecular complexity index is 636. The van der Waals surface area contributed by atoms with Crippen LogP contribution in [-0.4, -0.2) is 59.3 Å². The first-order valence-electron chi connectivity index (χ1n) is 6.03. The number of hydrogen-bond acceptors (Lipinski definition) is 7. The van der Waals surface area contributed by atoms with Crippen LogP contribution in [0.3, 0.4) is 0 Å². The summed E-state index contributed by atoms with van der Waals surface area (Å²) in [5, 5.41) is 29.8. The molecule has 3 rings (SSSR count). The zero-order valence-corrected chi connectivity index (χ0v) is 11.2. The van der Waals surface area contributed by atoms with E-state index in [9.17, 15) is 15.3 Å². The van der Waals surface area contributed by atoms with Gasteiger partial charge in [-0.1, -0.05) is 11.6 Å². The number of aromatic nitrogens is 4. The van der Waals surface area contributed by atoms with Crippen LogP contribution in [0.2, 0.25) is 5.15 Å². The molecule has 0 unspecified atom stereocenters. The number of ether oxygens (including phenoxy) is 1. The second-order valence-corrected chi connectivity index (χ2v) is 5.05. The minimum Gasteiger partial charge on any atom is -0.388 e. The van der Waals surface area contributed by atoms with Crippen molar-refractivity contribution in [2.45, 2.75) is 37.6 Å². The van der Waals surface area contributed by atoms with Crippen molar-refractivity contribution in [3.8, 4) is 0 Å². The minimum atomic E-state index is -1.32. The summed E-state index contributed by atoms with van der Waals surface area (Å²) < 4.78 is 6.99. The molecule has 1 saturated heterocycles. The maximum atomic E-state index is 10.1. The van der Waals surface area contributed by atoms with Crippen LogP contribution in [0.1, 0.15) is 13.2 Å². The molecule has 9 heteroatoms. The van der Waals surface area contributed by atoms with Gasteiger partial charge in [-0.3, -0.25) is 4.57 Å². The number of rotatable bonds is 1. The second kappa shape index (κ2) is 4.90. The molecule has 8 nitrogen and oxygen atoms in total. The first-order valence-corrected chi connectivity index (χ1v) is 6.41. The molecule has 0 saturated carbocycles. The maximum Gasteiger partial charge on any atom is 0.167 e. The molecule has 0 bridgehead atoms. The van der Waals surface area contributed by atoms with Gasteiger partial charge in [-0.2, -0.15) is 0 Å². The highest BCUT2D eigenvalue weighted by Gasteiger charge is 2.43. The Labute approximate surface area is 118 Å². The van der Waals surface area contributed by atoms with Crippen molar-refractivity contribution >= 4 is 22.8 Å². The fraction of sp³-hybridized carbons (Fsp3) is 0.545. The zero-order chi connectivity index (χ0) is 14.4. The summed E-state index contributed by atoms with van der Waals surface area (Å²) >= 11 is 5.91. The van der Waals surface area contributed by atoms with Crippen LogP contribution in [0.25, 0.3) is 11.2 Å². The van der Waals surface area contributed by atoms with Crippen LogP contribution >= 0.6 is 11.6 Å². The molecule has 108 valence electrons. The van der Waals surface area contributed by atoms with Crippen molar-refractivity contribution in [1.82, 2.24) is 19.5 Å². The number of hydrogen-bond donors (Lipinski definition) is 3. The normalized spacial score (nSPS) is 34.5. The quantitative estimate of drug-likeness (QED) is 0.607. The van der Waals surface area contributed by atoms with Gasteiger partial charge in [0.2, 0.25) is 0 Å². The molecule has 0 amide bonds. The molecule has 3 heterocycles. The minimum absolute atomic E-state index is 0.188. The number of aliphatic hydroxyl groups excluding tert-OH is 3. The summed E-state index contributed by atoms with van der Waals surface area (Å²) in [5.74, 6) is 0. The molecule has 0 radical (unpaired) electrons. The van der Waals surface area contributed by atoms with Crippen molar-refractivity contribution in [1.29, 1.82) is 0 Å². The summed E-state index contributed by atoms with van der Waals surface area (Å²) in [5.41, 5.74) is 0.753. The number of halogens is 1. The molecule has 3 N–H and O–H groups in total. The highest BCUT2D eigenvalue weighted by Crippen LogP contribution is 2.30. The van der Waals surface area contributed by atoms with Crippen molar-refractivity contribution < 1.29 is 20.1 Å². The van der Waals surface area contributed by atoms with Crippen LogP contribution in [0.5, 0.6) is 0 Å². The summed E-state index contributed by atoms with van der Waals surface area (Å²) in [7, 11) is 0. The van der Waals surface area contributed by atoms with E-state index in [1.54, 1.807) is 6.92 Å². The molecule has 20 heavy (non-hydrogen) atoms. The Balaban J connectivity index is 2.04. The third-order valence-electron chi connectivity index (χ3n) is 3.42. The van der Waals surface area contributed by atoms with E-state index in [1.807, 2.05) is 0 Å². The topological polar surface area (TPSA) is 114 Å². The van der Waals surface area contributed by atoms with E-state index < -0.39 is 30.6 Å². The van der Waals surface area contributed by atoms with Gasteiger partial charge in [0.1, 0.15) is 30.2 Å². The van der Waals surface area contributed by atoms with E-state index in [0.717, 1.165) is 0 Å². The zero-order valence-electron chi connectivity index (χ0n) is 10.5. The van der Waals surface area contributed by atoms with Crippen molar-refractivity contribution in [2.24, 2.45) is 0 Å². The summed E-state index contributed by atoms with van der Waals surface area (Å²) in [6, 6.07) is 0. The molecule has 0 aromatic carbocycles. The van der Waals surface area contributed by atoms with Crippen molar-refractivity contribution in [2.75, 3.05) is 0 Å². The molecule has 0 aliphatic carbocycles. The Morgan fingerprint density at radius 3 is 2.65 bits per heavy atom. The van der Waals surface area contributed by atoms with E-state index in [0.29, 0.717) is 11.2 Å². The van der Waals surface area contributed by atoms with Gasteiger partial charge in [0.25, 0.3) is 0 Å². The Morgan fingerprint density at radius 2 is 1.90 bits per heavy atom. The lowest BCUT2D eigenvalue weighted by Crippen LogP contribution is -2.54. The predicted octanol–water partition coefficient (Wildman–Crippen LogP) is -0.520. The molecule has 1 aliphatic heterocycles. The van der Waals surface area contributed by atoms with E-state index in [2.05, 4.69) is 15.0 Å². The van der Waals surface area contributed by atoms with Crippen molar-refractivity contribution in [3.05, 3.63) is 17.8 Å². The van der Waals surface area contributed by atoms with Gasteiger partial charge in [0.15, 0.2) is 17.0 Å². The Kier molecular flexibility index (Phi) is 3.35. The molecule has 5 atom stereocenters. The van der Waals surface area contributed by atoms with Gasteiger partial charge >= 0.3 is 0 Å². The molecule has 2 aromatic rings. The highest BCUT2D eigenvalue weighted by atomic mass is 35.5. The highest BCUT2D eigenvalue weighted by molar-refractivity contribution is 6.33. The van der Waals surface area contributed by atoms with Crippen LogP contribution < -0.4 is 0 Å². The number of aliphatic hydroxyl groups is 3. The van der Waals surface area contributed by atoms with Crippen LogP contribution in [-0.2, 0) is 4.74 Å². The number of imidazole rings is 1. The fourth-order valence-electron chi connectivity index (χ4n) is 2.27. The Hall–Kier alpha value is -1.32. The number of fused-ring (bicyclic) bond motifs is 1. The standard InChI is InChI=1S/C11H13ClN4O4/c1-4-6(17)7(18)8(19)11(20-4)16-3-15-5-9(12)13-2-14-10(5)16/h2-4,6-8,11,17-19H,1H3/t4-,6-,7+,8+,11+/m0/s1. The predicted molar refractivity (Wildman–Crippen MR) is 67.9 cm³/mol. The van der Waals surface area contributed by atoms with Crippen molar-refractivity contribution in [3.63, 3.8) is 0 Å². The molecule has 0 spiro atoms. The largest absolute Gasteiger partial charge is 0.388 e. The third-order valence-corrected chi connectivity index (χ3v) is 3.69. The van der Waals surface area contributed by atoms with Gasteiger partial charge in [0.05, 0.1) is 12.4 Å². The lowest BCUT2D eigenvalue weighted by atomic mass is 9.99. The third kappa shape index (κ3) is 1.97. The first-order chi connectivity index (χ1) is 9.50. The molecule has 1 aliphatic rings. The molecular formula is C11H13ClN4O4. The Morgan fingerprint density at radius 1 is 1.15 bits per heavy atom. The van der Waals surface area contributed by atoms with Gasteiger partial charge in [-0.25, -0.2) is 15.0 Å². The molecule has 2 aromatic heterocycles. The SMILES string of the molecule is C[C@@H]1O[C@@H](n2cnc3c(Cl)ncnc32)[C@H](O)[C@H](O)[C@H]1O. The maximum absolute atomic E-state index is 10.1. The monoisotopic (exact) mass is 300 g/mol. The summed E-state index contributed by atoms with van der Waals surface area (Å²) in [6.45, 7) is 1.61. The smallest absolute Gasteiger partial charge is 0.167 e. The van der Waals surface area contributed by atoms with Crippen LogP contribution in [0, 0.1) is 0 Å².